The Kier molecular flexibility index (Phi) is 8.85. The maximum absolute atomic E-state index is 13.3. The molecule has 12 heteroatoms. The predicted molar refractivity (Wildman–Crippen MR) is 130 cm³/mol. The van der Waals surface area contributed by atoms with Crippen molar-refractivity contribution in [3.63, 3.8) is 0 Å². The summed E-state index contributed by atoms with van der Waals surface area (Å²) in [7, 11) is 1.46. The number of nitrogens with one attached hydrogen (secondary N) is 3. The van der Waals surface area contributed by atoms with Crippen molar-refractivity contribution in [2.75, 3.05) is 25.5 Å². The van der Waals surface area contributed by atoms with Gasteiger partial charge in [0.25, 0.3) is 0 Å². The van der Waals surface area contributed by atoms with Crippen LogP contribution in [-0.4, -0.2) is 66.0 Å². The van der Waals surface area contributed by atoms with E-state index in [-0.39, 0.29) is 13.0 Å². The molecule has 2 aromatic rings. The third-order valence-corrected chi connectivity index (χ3v) is 5.69. The molecule has 1 heterocycles. The minimum Gasteiger partial charge on any atom is -0.496 e. The number of methoxy groups -OCH3 is 1. The van der Waals surface area contributed by atoms with Crippen molar-refractivity contribution in [1.29, 1.82) is 0 Å². The van der Waals surface area contributed by atoms with Crippen LogP contribution in [0.2, 0.25) is 5.02 Å². The SMILES string of the molecule is COc1ccc(Cl)cc1CC1CNC(=O)CN(C(=O)N[C@@H](CC(=O)O)C(=O)Nc2ccccc2)C1=O. The number of carboxylic acids is 1. The molecular formula is C24H25ClN4O7. The van der Waals surface area contributed by atoms with Gasteiger partial charge in [0.05, 0.1) is 19.4 Å². The Morgan fingerprint density at radius 3 is 2.58 bits per heavy atom. The van der Waals surface area contributed by atoms with Crippen LogP contribution >= 0.6 is 11.6 Å². The van der Waals surface area contributed by atoms with Crippen LogP contribution in [0.3, 0.4) is 0 Å². The lowest BCUT2D eigenvalue weighted by Crippen LogP contribution is -2.53. The van der Waals surface area contributed by atoms with Crippen LogP contribution in [0.1, 0.15) is 12.0 Å². The molecule has 1 saturated heterocycles. The van der Waals surface area contributed by atoms with Crippen molar-refractivity contribution in [3.05, 3.63) is 59.1 Å². The third kappa shape index (κ3) is 6.95. The quantitative estimate of drug-likeness (QED) is 0.416. The van der Waals surface area contributed by atoms with Gasteiger partial charge in [-0.05, 0) is 42.3 Å². The van der Waals surface area contributed by atoms with Crippen molar-refractivity contribution in [3.8, 4) is 5.75 Å². The van der Waals surface area contributed by atoms with Crippen LogP contribution in [0.15, 0.2) is 48.5 Å². The van der Waals surface area contributed by atoms with Crippen LogP contribution < -0.4 is 20.7 Å². The predicted octanol–water partition coefficient (Wildman–Crippen LogP) is 1.66. The van der Waals surface area contributed by atoms with E-state index in [1.54, 1.807) is 48.5 Å². The number of nitrogens with zero attached hydrogens (tertiary/aromatic N) is 1. The summed E-state index contributed by atoms with van der Waals surface area (Å²) in [5.74, 6) is -3.74. The maximum Gasteiger partial charge on any atom is 0.325 e. The molecule has 190 valence electrons. The topological polar surface area (TPSA) is 154 Å². The number of hydrogen-bond acceptors (Lipinski definition) is 6. The molecule has 1 aliphatic heterocycles. The highest BCUT2D eigenvalue weighted by molar-refractivity contribution is 6.30. The normalized spacial score (nSPS) is 16.4. The Balaban J connectivity index is 1.78. The summed E-state index contributed by atoms with van der Waals surface area (Å²) in [6.45, 7) is -0.627. The standard InChI is InChI=1S/C24H25ClN4O7/c1-36-19-8-7-16(25)10-14(19)9-15-12-26-20(30)13-29(23(15)34)24(35)28-18(11-21(31)32)22(33)27-17-5-3-2-4-6-17/h2-8,10,15,18H,9,11-13H2,1H3,(H,26,30)(H,27,33)(H,28,35)(H,31,32)/t15?,18-/m0/s1. The zero-order chi connectivity index (χ0) is 26.2. The fraction of sp³-hybridized carbons (Fsp3) is 0.292. The molecule has 0 bridgehead atoms. The molecule has 1 aliphatic rings. The smallest absolute Gasteiger partial charge is 0.325 e. The zero-order valence-electron chi connectivity index (χ0n) is 19.3. The molecule has 0 aromatic heterocycles. The van der Waals surface area contributed by atoms with E-state index in [1.807, 2.05) is 0 Å². The fourth-order valence-electron chi connectivity index (χ4n) is 3.69. The Labute approximate surface area is 211 Å². The molecule has 3 rings (SSSR count). The second-order valence-corrected chi connectivity index (χ2v) is 8.48. The number of carboxylic acid groups (broad SMARTS) is 1. The van der Waals surface area contributed by atoms with Crippen LogP contribution in [0.5, 0.6) is 5.75 Å². The highest BCUT2D eigenvalue weighted by atomic mass is 35.5. The van der Waals surface area contributed by atoms with Gasteiger partial charge in [-0.15, -0.1) is 0 Å². The number of para-hydroxylation sites is 1. The molecule has 1 unspecified atom stereocenters. The number of imide groups is 1. The molecule has 11 nitrogen and oxygen atoms in total. The molecular weight excluding hydrogens is 492 g/mol. The van der Waals surface area contributed by atoms with E-state index in [4.69, 9.17) is 16.3 Å². The van der Waals surface area contributed by atoms with Gasteiger partial charge in [0.2, 0.25) is 17.7 Å². The summed E-state index contributed by atoms with van der Waals surface area (Å²) < 4.78 is 5.32. The highest BCUT2D eigenvalue weighted by Crippen LogP contribution is 2.26. The summed E-state index contributed by atoms with van der Waals surface area (Å²) >= 11 is 6.08. The Hall–Kier alpha value is -4.12. The molecule has 2 atom stereocenters. The molecule has 0 aliphatic carbocycles. The minimum atomic E-state index is -1.50. The molecule has 5 amide bonds. The van der Waals surface area contributed by atoms with Crippen LogP contribution in [0.25, 0.3) is 0 Å². The lowest BCUT2D eigenvalue weighted by molar-refractivity contribution is -0.139. The highest BCUT2D eigenvalue weighted by Gasteiger charge is 2.36. The lowest BCUT2D eigenvalue weighted by atomic mass is 9.97. The number of ether oxygens (including phenoxy) is 1. The Bertz CT molecular complexity index is 1160. The molecule has 0 saturated carbocycles. The van der Waals surface area contributed by atoms with Crippen LogP contribution in [0, 0.1) is 5.92 Å². The van der Waals surface area contributed by atoms with Gasteiger partial charge >= 0.3 is 12.0 Å². The molecule has 2 aromatic carbocycles. The fourth-order valence-corrected chi connectivity index (χ4v) is 3.88. The second-order valence-electron chi connectivity index (χ2n) is 8.04. The van der Waals surface area contributed by atoms with Gasteiger partial charge in [-0.3, -0.25) is 24.1 Å². The number of amides is 5. The van der Waals surface area contributed by atoms with Crippen molar-refractivity contribution in [1.82, 2.24) is 15.5 Å². The molecule has 4 N–H and O–H groups in total. The van der Waals surface area contributed by atoms with Gasteiger partial charge < -0.3 is 25.8 Å². The van der Waals surface area contributed by atoms with E-state index in [9.17, 15) is 29.1 Å². The van der Waals surface area contributed by atoms with E-state index in [2.05, 4.69) is 16.0 Å². The number of hydrogen-bond donors (Lipinski definition) is 4. The number of urea groups is 1. The summed E-state index contributed by atoms with van der Waals surface area (Å²) in [4.78, 5) is 63.3. The summed E-state index contributed by atoms with van der Waals surface area (Å²) in [6, 6.07) is 10.6. The van der Waals surface area contributed by atoms with Gasteiger partial charge in [-0.25, -0.2) is 4.79 Å². The first-order valence-corrected chi connectivity index (χ1v) is 11.3. The summed E-state index contributed by atoms with van der Waals surface area (Å²) in [5.41, 5.74) is 0.999. The minimum absolute atomic E-state index is 0.0375. The van der Waals surface area contributed by atoms with Crippen molar-refractivity contribution in [2.45, 2.75) is 18.9 Å². The molecule has 36 heavy (non-hydrogen) atoms. The average molecular weight is 517 g/mol. The maximum atomic E-state index is 13.3. The lowest BCUT2D eigenvalue weighted by Gasteiger charge is -2.25. The Morgan fingerprint density at radius 1 is 1.19 bits per heavy atom. The summed E-state index contributed by atoms with van der Waals surface area (Å²) in [6.07, 6.45) is -0.624. The largest absolute Gasteiger partial charge is 0.496 e. The van der Waals surface area contributed by atoms with E-state index < -0.39 is 54.6 Å². The van der Waals surface area contributed by atoms with Gasteiger partial charge in [0.1, 0.15) is 18.3 Å². The first-order valence-electron chi connectivity index (χ1n) is 11.0. The number of halogens is 1. The van der Waals surface area contributed by atoms with Gasteiger partial charge in [-0.1, -0.05) is 29.8 Å². The van der Waals surface area contributed by atoms with Crippen LogP contribution in [0.4, 0.5) is 10.5 Å². The second kappa shape index (κ2) is 12.0. The molecule has 1 fully saturated rings. The van der Waals surface area contributed by atoms with Crippen molar-refractivity contribution in [2.24, 2.45) is 5.92 Å². The summed E-state index contributed by atoms with van der Waals surface area (Å²) in [5, 5.41) is 17.1. The number of aliphatic carboxylic acids is 1. The number of anilines is 1. The number of carbonyl (C=O) groups excluding carboxylic acids is 4. The number of benzene rings is 2. The first kappa shape index (κ1) is 26.5. The molecule has 0 radical (unpaired) electrons. The van der Waals surface area contributed by atoms with E-state index in [1.165, 1.54) is 7.11 Å². The average Bonchev–Trinajstić information content (AvgIpc) is 2.98. The Morgan fingerprint density at radius 2 is 1.92 bits per heavy atom. The molecule has 0 spiro atoms. The van der Waals surface area contributed by atoms with Crippen LogP contribution in [-0.2, 0) is 25.6 Å². The van der Waals surface area contributed by atoms with Crippen molar-refractivity contribution >= 4 is 47.0 Å². The monoisotopic (exact) mass is 516 g/mol. The zero-order valence-corrected chi connectivity index (χ0v) is 20.1. The van der Waals surface area contributed by atoms with Gasteiger partial charge in [-0.2, -0.15) is 0 Å². The third-order valence-electron chi connectivity index (χ3n) is 5.45. The number of rotatable bonds is 8. The first-order chi connectivity index (χ1) is 17.2. The van der Waals surface area contributed by atoms with Gasteiger partial charge in [0, 0.05) is 17.3 Å². The van der Waals surface area contributed by atoms with E-state index >= 15 is 0 Å². The number of carbonyl (C=O) groups is 5. The van der Waals surface area contributed by atoms with Crippen molar-refractivity contribution < 1.29 is 33.8 Å². The van der Waals surface area contributed by atoms with E-state index in [0.29, 0.717) is 26.9 Å². The van der Waals surface area contributed by atoms with E-state index in [0.717, 1.165) is 0 Å². The van der Waals surface area contributed by atoms with Gasteiger partial charge in [0.15, 0.2) is 0 Å².